The SMILES string of the molecule is Fc1ccc(OCC2CC[C@H]3CN(c4ncccn4)CCN3C2)cc1. The maximum atomic E-state index is 12.9. The van der Waals surface area contributed by atoms with Gasteiger partial charge < -0.3 is 9.64 Å². The summed E-state index contributed by atoms with van der Waals surface area (Å²) in [4.78, 5) is 13.6. The zero-order chi connectivity index (χ0) is 17.1. The van der Waals surface area contributed by atoms with E-state index in [2.05, 4.69) is 19.8 Å². The Kier molecular flexibility index (Phi) is 4.78. The molecule has 0 bridgehead atoms. The normalized spacial score (nSPS) is 24.0. The molecule has 0 spiro atoms. The van der Waals surface area contributed by atoms with Gasteiger partial charge in [-0.15, -0.1) is 0 Å². The van der Waals surface area contributed by atoms with Crippen LogP contribution in [0.15, 0.2) is 42.7 Å². The molecule has 0 N–H and O–H groups in total. The largest absolute Gasteiger partial charge is 0.493 e. The highest BCUT2D eigenvalue weighted by atomic mass is 19.1. The van der Waals surface area contributed by atoms with E-state index in [1.165, 1.54) is 18.6 Å². The molecule has 2 saturated heterocycles. The van der Waals surface area contributed by atoms with E-state index in [1.54, 1.807) is 24.5 Å². The van der Waals surface area contributed by atoms with Gasteiger partial charge in [0.2, 0.25) is 5.95 Å². The van der Waals surface area contributed by atoms with Crippen LogP contribution < -0.4 is 9.64 Å². The second-order valence-electron chi connectivity index (χ2n) is 6.85. The second kappa shape index (κ2) is 7.35. The highest BCUT2D eigenvalue weighted by Crippen LogP contribution is 2.27. The van der Waals surface area contributed by atoms with Crippen LogP contribution in [0.3, 0.4) is 0 Å². The van der Waals surface area contributed by atoms with Crippen molar-refractivity contribution < 1.29 is 9.13 Å². The van der Waals surface area contributed by atoms with E-state index >= 15 is 0 Å². The molecule has 1 aromatic heterocycles. The van der Waals surface area contributed by atoms with E-state index in [0.717, 1.165) is 44.3 Å². The van der Waals surface area contributed by atoms with Gasteiger partial charge in [0.25, 0.3) is 0 Å². The van der Waals surface area contributed by atoms with Gasteiger partial charge in [0.1, 0.15) is 11.6 Å². The molecule has 2 atom stereocenters. The molecule has 2 aliphatic heterocycles. The van der Waals surface area contributed by atoms with Crippen molar-refractivity contribution >= 4 is 5.95 Å². The van der Waals surface area contributed by atoms with Gasteiger partial charge in [-0.05, 0) is 43.2 Å². The molecule has 25 heavy (non-hydrogen) atoms. The summed E-state index contributed by atoms with van der Waals surface area (Å²) in [6.45, 7) is 4.76. The molecule has 1 unspecified atom stereocenters. The molecular weight excluding hydrogens is 319 g/mol. The predicted molar refractivity (Wildman–Crippen MR) is 94.2 cm³/mol. The van der Waals surface area contributed by atoms with Crippen LogP contribution >= 0.6 is 0 Å². The number of piperazine rings is 1. The minimum atomic E-state index is -0.229. The summed E-state index contributed by atoms with van der Waals surface area (Å²) in [6, 6.07) is 8.69. The Labute approximate surface area is 147 Å². The van der Waals surface area contributed by atoms with Crippen LogP contribution in [-0.4, -0.2) is 53.7 Å². The molecule has 2 aromatic rings. The fourth-order valence-corrected chi connectivity index (χ4v) is 3.78. The van der Waals surface area contributed by atoms with Crippen molar-refractivity contribution in [3.05, 3.63) is 48.5 Å². The lowest BCUT2D eigenvalue weighted by atomic mass is 9.91. The Hall–Kier alpha value is -2.21. The van der Waals surface area contributed by atoms with E-state index in [9.17, 15) is 4.39 Å². The Morgan fingerprint density at radius 2 is 1.84 bits per heavy atom. The summed E-state index contributed by atoms with van der Waals surface area (Å²) in [5, 5.41) is 0. The van der Waals surface area contributed by atoms with Crippen molar-refractivity contribution in [3.8, 4) is 5.75 Å². The van der Waals surface area contributed by atoms with Crippen molar-refractivity contribution in [2.75, 3.05) is 37.7 Å². The molecule has 5 nitrogen and oxygen atoms in total. The first-order chi connectivity index (χ1) is 12.3. The standard InChI is InChI=1S/C19H23FN4O/c20-16-3-6-18(7-4-16)25-14-15-2-5-17-13-24(11-10-23(17)12-15)19-21-8-1-9-22-19/h1,3-4,6-9,15,17H,2,5,10-14H2/t15?,17-/m0/s1. The average Bonchev–Trinajstić information content (AvgIpc) is 2.68. The first kappa shape index (κ1) is 16.3. The fourth-order valence-electron chi connectivity index (χ4n) is 3.78. The molecule has 6 heteroatoms. The van der Waals surface area contributed by atoms with Crippen LogP contribution in [0.25, 0.3) is 0 Å². The van der Waals surface area contributed by atoms with Gasteiger partial charge in [0.15, 0.2) is 0 Å². The number of hydrogen-bond acceptors (Lipinski definition) is 5. The number of halogens is 1. The van der Waals surface area contributed by atoms with Crippen molar-refractivity contribution in [3.63, 3.8) is 0 Å². The summed E-state index contributed by atoms with van der Waals surface area (Å²) >= 11 is 0. The third-order valence-electron chi connectivity index (χ3n) is 5.14. The van der Waals surface area contributed by atoms with Crippen LogP contribution in [0.2, 0.25) is 0 Å². The third-order valence-corrected chi connectivity index (χ3v) is 5.14. The molecule has 3 heterocycles. The highest BCUT2D eigenvalue weighted by Gasteiger charge is 2.33. The van der Waals surface area contributed by atoms with Crippen molar-refractivity contribution in [1.29, 1.82) is 0 Å². The van der Waals surface area contributed by atoms with Gasteiger partial charge >= 0.3 is 0 Å². The van der Waals surface area contributed by atoms with E-state index in [4.69, 9.17) is 4.74 Å². The summed E-state index contributed by atoms with van der Waals surface area (Å²) in [6.07, 6.45) is 5.93. The number of ether oxygens (including phenoxy) is 1. The van der Waals surface area contributed by atoms with E-state index in [-0.39, 0.29) is 5.82 Å². The smallest absolute Gasteiger partial charge is 0.225 e. The Morgan fingerprint density at radius 3 is 2.64 bits per heavy atom. The van der Waals surface area contributed by atoms with Crippen LogP contribution in [0.4, 0.5) is 10.3 Å². The first-order valence-corrected chi connectivity index (χ1v) is 8.92. The number of fused-ring (bicyclic) bond motifs is 1. The minimum Gasteiger partial charge on any atom is -0.493 e. The lowest BCUT2D eigenvalue weighted by Gasteiger charge is -2.46. The Bertz CT molecular complexity index is 682. The molecule has 2 fully saturated rings. The number of hydrogen-bond donors (Lipinski definition) is 0. The van der Waals surface area contributed by atoms with Gasteiger partial charge in [-0.25, -0.2) is 14.4 Å². The first-order valence-electron chi connectivity index (χ1n) is 8.92. The summed E-state index contributed by atoms with van der Waals surface area (Å²) in [7, 11) is 0. The third kappa shape index (κ3) is 3.90. The summed E-state index contributed by atoms with van der Waals surface area (Å²) < 4.78 is 18.8. The monoisotopic (exact) mass is 342 g/mol. The van der Waals surface area contributed by atoms with Crippen LogP contribution in [0.5, 0.6) is 5.75 Å². The maximum absolute atomic E-state index is 12.9. The molecule has 1 aromatic carbocycles. The summed E-state index contributed by atoms with van der Waals surface area (Å²) in [5.74, 6) is 1.88. The van der Waals surface area contributed by atoms with Gasteiger partial charge in [-0.2, -0.15) is 0 Å². The topological polar surface area (TPSA) is 41.5 Å². The fraction of sp³-hybridized carbons (Fsp3) is 0.474. The average molecular weight is 342 g/mol. The van der Waals surface area contributed by atoms with Crippen molar-refractivity contribution in [2.45, 2.75) is 18.9 Å². The van der Waals surface area contributed by atoms with Gasteiger partial charge in [0, 0.05) is 50.5 Å². The molecule has 4 rings (SSSR count). The number of piperidine rings is 1. The zero-order valence-electron chi connectivity index (χ0n) is 14.2. The highest BCUT2D eigenvalue weighted by molar-refractivity contribution is 5.30. The maximum Gasteiger partial charge on any atom is 0.225 e. The Morgan fingerprint density at radius 1 is 1.04 bits per heavy atom. The molecule has 0 aliphatic carbocycles. The Balaban J connectivity index is 1.29. The van der Waals surface area contributed by atoms with E-state index in [0.29, 0.717) is 18.6 Å². The van der Waals surface area contributed by atoms with Gasteiger partial charge in [-0.3, -0.25) is 4.90 Å². The van der Waals surface area contributed by atoms with Crippen LogP contribution in [-0.2, 0) is 0 Å². The predicted octanol–water partition coefficient (Wildman–Crippen LogP) is 2.60. The molecular formula is C19H23FN4O. The number of nitrogens with zero attached hydrogens (tertiary/aromatic N) is 4. The number of benzene rings is 1. The minimum absolute atomic E-state index is 0.229. The lowest BCUT2D eigenvalue weighted by Crippen LogP contribution is -2.57. The van der Waals surface area contributed by atoms with E-state index in [1.807, 2.05) is 6.07 Å². The number of aromatic nitrogens is 2. The summed E-state index contributed by atoms with van der Waals surface area (Å²) in [5.41, 5.74) is 0. The van der Waals surface area contributed by atoms with Crippen molar-refractivity contribution in [2.24, 2.45) is 5.92 Å². The second-order valence-corrected chi connectivity index (χ2v) is 6.85. The lowest BCUT2D eigenvalue weighted by molar-refractivity contribution is 0.0725. The van der Waals surface area contributed by atoms with Crippen LogP contribution in [0.1, 0.15) is 12.8 Å². The molecule has 2 aliphatic rings. The van der Waals surface area contributed by atoms with Gasteiger partial charge in [-0.1, -0.05) is 0 Å². The molecule has 132 valence electrons. The van der Waals surface area contributed by atoms with Crippen LogP contribution in [0, 0.1) is 11.7 Å². The number of anilines is 1. The van der Waals surface area contributed by atoms with Crippen molar-refractivity contribution in [1.82, 2.24) is 14.9 Å². The molecule has 0 amide bonds. The van der Waals surface area contributed by atoms with E-state index < -0.39 is 0 Å². The molecule has 0 saturated carbocycles. The number of rotatable bonds is 4. The van der Waals surface area contributed by atoms with Gasteiger partial charge in [0.05, 0.1) is 6.61 Å². The molecule has 0 radical (unpaired) electrons. The zero-order valence-corrected chi connectivity index (χ0v) is 14.2. The quantitative estimate of drug-likeness (QED) is 0.854.